The highest BCUT2D eigenvalue weighted by molar-refractivity contribution is 7.99. The van der Waals surface area contributed by atoms with E-state index in [1.54, 1.807) is 54.2 Å². The predicted molar refractivity (Wildman–Crippen MR) is 98.7 cm³/mol. The van der Waals surface area contributed by atoms with Crippen molar-refractivity contribution >= 4 is 33.2 Å². The van der Waals surface area contributed by atoms with Crippen molar-refractivity contribution < 1.29 is 8.42 Å². The van der Waals surface area contributed by atoms with E-state index in [1.807, 2.05) is 36.4 Å². The first-order chi connectivity index (χ1) is 11.5. The highest BCUT2D eigenvalue weighted by Gasteiger charge is 2.13. The van der Waals surface area contributed by atoms with Crippen molar-refractivity contribution in [1.82, 2.24) is 0 Å². The molecule has 0 bridgehead atoms. The van der Waals surface area contributed by atoms with Crippen LogP contribution in [0.5, 0.6) is 0 Å². The van der Waals surface area contributed by atoms with Gasteiger partial charge in [0.25, 0.3) is 10.0 Å². The zero-order valence-electron chi connectivity index (χ0n) is 12.7. The Morgan fingerprint density at radius 3 is 1.88 bits per heavy atom. The van der Waals surface area contributed by atoms with Crippen LogP contribution in [0.25, 0.3) is 0 Å². The van der Waals surface area contributed by atoms with E-state index < -0.39 is 10.0 Å². The summed E-state index contributed by atoms with van der Waals surface area (Å²) in [7, 11) is -3.56. The van der Waals surface area contributed by atoms with Crippen LogP contribution in [0.2, 0.25) is 0 Å². The summed E-state index contributed by atoms with van der Waals surface area (Å²) in [5.41, 5.74) is 6.93. The largest absolute Gasteiger partial charge is 0.399 e. The SMILES string of the molecule is Nc1ccc(Sc2ccc(NS(=O)(=O)c3ccccc3)cc2)cc1. The van der Waals surface area contributed by atoms with Gasteiger partial charge in [-0.05, 0) is 60.7 Å². The maximum Gasteiger partial charge on any atom is 0.261 e. The highest BCUT2D eigenvalue weighted by Crippen LogP contribution is 2.29. The molecule has 0 heterocycles. The number of hydrogen-bond donors (Lipinski definition) is 2. The highest BCUT2D eigenvalue weighted by atomic mass is 32.2. The second-order valence-electron chi connectivity index (χ2n) is 5.11. The molecule has 0 aliphatic carbocycles. The van der Waals surface area contributed by atoms with Gasteiger partial charge in [0.2, 0.25) is 0 Å². The van der Waals surface area contributed by atoms with Crippen molar-refractivity contribution in [2.24, 2.45) is 0 Å². The number of nitrogens with one attached hydrogen (secondary N) is 1. The Labute approximate surface area is 145 Å². The number of hydrogen-bond acceptors (Lipinski definition) is 4. The zero-order chi connectivity index (χ0) is 17.0. The van der Waals surface area contributed by atoms with Crippen LogP contribution >= 0.6 is 11.8 Å². The third-order valence-corrected chi connectivity index (χ3v) is 5.69. The lowest BCUT2D eigenvalue weighted by Gasteiger charge is -2.09. The molecule has 122 valence electrons. The third-order valence-electron chi connectivity index (χ3n) is 3.28. The molecule has 0 atom stereocenters. The minimum atomic E-state index is -3.56. The Kier molecular flexibility index (Phi) is 4.78. The molecule has 3 aromatic rings. The maximum absolute atomic E-state index is 12.3. The second kappa shape index (κ2) is 6.98. The summed E-state index contributed by atoms with van der Waals surface area (Å²) in [5.74, 6) is 0. The monoisotopic (exact) mass is 356 g/mol. The fourth-order valence-corrected chi connectivity index (χ4v) is 3.97. The van der Waals surface area contributed by atoms with Crippen LogP contribution in [0.3, 0.4) is 0 Å². The number of nitrogen functional groups attached to an aromatic ring is 1. The van der Waals surface area contributed by atoms with E-state index in [4.69, 9.17) is 5.73 Å². The molecule has 3 rings (SSSR count). The summed E-state index contributed by atoms with van der Waals surface area (Å²) in [5, 5.41) is 0. The summed E-state index contributed by atoms with van der Waals surface area (Å²) < 4.78 is 27.1. The van der Waals surface area contributed by atoms with Gasteiger partial charge in [-0.25, -0.2) is 8.42 Å². The van der Waals surface area contributed by atoms with E-state index in [-0.39, 0.29) is 4.90 Å². The number of nitrogens with two attached hydrogens (primary N) is 1. The van der Waals surface area contributed by atoms with Crippen molar-refractivity contribution in [3.05, 3.63) is 78.9 Å². The van der Waals surface area contributed by atoms with E-state index in [1.165, 1.54) is 0 Å². The molecule has 0 fully saturated rings. The van der Waals surface area contributed by atoms with Crippen molar-refractivity contribution in [2.75, 3.05) is 10.5 Å². The van der Waals surface area contributed by atoms with Gasteiger partial charge in [0.1, 0.15) is 0 Å². The Morgan fingerprint density at radius 1 is 0.750 bits per heavy atom. The summed E-state index contributed by atoms with van der Waals surface area (Å²) in [6, 6.07) is 23.2. The Morgan fingerprint density at radius 2 is 1.29 bits per heavy atom. The Balaban J connectivity index is 1.72. The first-order valence-electron chi connectivity index (χ1n) is 7.24. The summed E-state index contributed by atoms with van der Waals surface area (Å²) >= 11 is 1.59. The van der Waals surface area contributed by atoms with Gasteiger partial charge in [0.05, 0.1) is 4.90 Å². The van der Waals surface area contributed by atoms with Crippen LogP contribution < -0.4 is 10.5 Å². The second-order valence-corrected chi connectivity index (χ2v) is 7.94. The van der Waals surface area contributed by atoms with Gasteiger partial charge in [-0.1, -0.05) is 30.0 Å². The topological polar surface area (TPSA) is 72.2 Å². The molecule has 0 spiro atoms. The van der Waals surface area contributed by atoms with Crippen LogP contribution in [0.4, 0.5) is 11.4 Å². The van der Waals surface area contributed by atoms with E-state index in [2.05, 4.69) is 4.72 Å². The zero-order valence-corrected chi connectivity index (χ0v) is 14.3. The average Bonchev–Trinajstić information content (AvgIpc) is 2.59. The summed E-state index contributed by atoms with van der Waals surface area (Å²) in [6.07, 6.45) is 0. The van der Waals surface area contributed by atoms with Crippen molar-refractivity contribution in [3.63, 3.8) is 0 Å². The molecule has 24 heavy (non-hydrogen) atoms. The molecule has 0 aliphatic rings. The molecular formula is C18H16N2O2S2. The van der Waals surface area contributed by atoms with E-state index in [0.29, 0.717) is 5.69 Å². The number of sulfonamides is 1. The fourth-order valence-electron chi connectivity index (χ4n) is 2.08. The van der Waals surface area contributed by atoms with Gasteiger partial charge in [-0.2, -0.15) is 0 Å². The molecule has 4 nitrogen and oxygen atoms in total. The van der Waals surface area contributed by atoms with Gasteiger partial charge in [0, 0.05) is 21.2 Å². The Hall–Kier alpha value is -2.44. The minimum absolute atomic E-state index is 0.241. The van der Waals surface area contributed by atoms with Gasteiger partial charge in [-0.3, -0.25) is 4.72 Å². The predicted octanol–water partition coefficient (Wildman–Crippen LogP) is 4.22. The van der Waals surface area contributed by atoms with Crippen molar-refractivity contribution in [3.8, 4) is 0 Å². The van der Waals surface area contributed by atoms with Crippen LogP contribution in [0, 0.1) is 0 Å². The van der Waals surface area contributed by atoms with E-state index in [9.17, 15) is 8.42 Å². The summed E-state index contributed by atoms with van der Waals surface area (Å²) in [4.78, 5) is 2.33. The molecule has 3 N–H and O–H groups in total. The van der Waals surface area contributed by atoms with Crippen LogP contribution in [-0.4, -0.2) is 8.42 Å². The van der Waals surface area contributed by atoms with Crippen molar-refractivity contribution in [2.45, 2.75) is 14.7 Å². The maximum atomic E-state index is 12.3. The number of anilines is 2. The van der Waals surface area contributed by atoms with Crippen LogP contribution in [0.1, 0.15) is 0 Å². The first-order valence-corrected chi connectivity index (χ1v) is 9.54. The molecule has 0 saturated carbocycles. The molecule has 0 saturated heterocycles. The molecule has 6 heteroatoms. The normalized spacial score (nSPS) is 11.2. The smallest absolute Gasteiger partial charge is 0.261 e. The summed E-state index contributed by atoms with van der Waals surface area (Å²) in [6.45, 7) is 0. The molecule has 0 radical (unpaired) electrons. The van der Waals surface area contributed by atoms with Crippen molar-refractivity contribution in [1.29, 1.82) is 0 Å². The van der Waals surface area contributed by atoms with E-state index in [0.717, 1.165) is 15.5 Å². The van der Waals surface area contributed by atoms with Gasteiger partial charge in [-0.15, -0.1) is 0 Å². The lowest BCUT2D eigenvalue weighted by atomic mass is 10.3. The quantitative estimate of drug-likeness (QED) is 0.671. The van der Waals surface area contributed by atoms with Crippen LogP contribution in [-0.2, 0) is 10.0 Å². The molecule has 3 aromatic carbocycles. The lowest BCUT2D eigenvalue weighted by Crippen LogP contribution is -2.12. The third kappa shape index (κ3) is 4.10. The first kappa shape index (κ1) is 16.4. The lowest BCUT2D eigenvalue weighted by molar-refractivity contribution is 0.601. The molecule has 0 aromatic heterocycles. The fraction of sp³-hybridized carbons (Fsp3) is 0. The standard InChI is InChI=1S/C18H16N2O2S2/c19-14-6-10-16(11-7-14)23-17-12-8-15(9-13-17)20-24(21,22)18-4-2-1-3-5-18/h1-13,20H,19H2. The molecular weight excluding hydrogens is 340 g/mol. The average molecular weight is 356 g/mol. The molecule has 0 unspecified atom stereocenters. The number of benzene rings is 3. The van der Waals surface area contributed by atoms with Crippen LogP contribution in [0.15, 0.2) is 93.5 Å². The minimum Gasteiger partial charge on any atom is -0.399 e. The molecule has 0 aliphatic heterocycles. The van der Waals surface area contributed by atoms with Gasteiger partial charge >= 0.3 is 0 Å². The van der Waals surface area contributed by atoms with Gasteiger partial charge < -0.3 is 5.73 Å². The van der Waals surface area contributed by atoms with E-state index >= 15 is 0 Å². The van der Waals surface area contributed by atoms with Gasteiger partial charge in [0.15, 0.2) is 0 Å². The number of rotatable bonds is 5. The Bertz CT molecular complexity index is 907. The molecule has 0 amide bonds.